The van der Waals surface area contributed by atoms with Crippen LogP contribution < -0.4 is 5.32 Å². The fraction of sp³-hybridized carbons (Fsp3) is 0.316. The summed E-state index contributed by atoms with van der Waals surface area (Å²) in [5.74, 6) is 0.830. The summed E-state index contributed by atoms with van der Waals surface area (Å²) in [7, 11) is 0. The molecule has 0 atom stereocenters. The molecule has 2 rings (SSSR count). The summed E-state index contributed by atoms with van der Waals surface area (Å²) in [6.07, 6.45) is 1.13. The van der Waals surface area contributed by atoms with Gasteiger partial charge in [-0.15, -0.1) is 11.8 Å². The van der Waals surface area contributed by atoms with Crippen LogP contribution in [0.25, 0.3) is 0 Å². The van der Waals surface area contributed by atoms with Crippen molar-refractivity contribution in [3.63, 3.8) is 0 Å². The number of pyridine rings is 1. The monoisotopic (exact) mass is 407 g/mol. The van der Waals surface area contributed by atoms with E-state index >= 15 is 0 Å². The highest BCUT2D eigenvalue weighted by atomic mass is 35.5. The van der Waals surface area contributed by atoms with Crippen LogP contribution in [-0.2, 0) is 11.2 Å². The van der Waals surface area contributed by atoms with E-state index in [1.807, 2.05) is 6.07 Å². The molecule has 1 aromatic heterocycles. The van der Waals surface area contributed by atoms with E-state index in [0.29, 0.717) is 38.0 Å². The van der Waals surface area contributed by atoms with Crippen molar-refractivity contribution in [1.29, 1.82) is 5.26 Å². The molecule has 4 nitrogen and oxygen atoms in total. The Morgan fingerprint density at radius 3 is 2.77 bits per heavy atom. The zero-order valence-corrected chi connectivity index (χ0v) is 16.9. The predicted octanol–water partition coefficient (Wildman–Crippen LogP) is 5.58. The topological polar surface area (TPSA) is 65.8 Å². The van der Waals surface area contributed by atoms with Crippen LogP contribution in [0.1, 0.15) is 31.5 Å². The molecular formula is C19H19Cl2N3OS. The van der Waals surface area contributed by atoms with Crippen molar-refractivity contribution in [1.82, 2.24) is 4.98 Å². The number of rotatable bonds is 7. The van der Waals surface area contributed by atoms with E-state index in [2.05, 4.69) is 30.2 Å². The first-order chi connectivity index (χ1) is 12.4. The zero-order chi connectivity index (χ0) is 19.1. The minimum Gasteiger partial charge on any atom is -0.325 e. The number of carbonyl (C=O) groups is 1. The first kappa shape index (κ1) is 20.6. The van der Waals surface area contributed by atoms with E-state index in [9.17, 15) is 10.1 Å². The van der Waals surface area contributed by atoms with E-state index in [0.717, 1.165) is 12.1 Å². The second kappa shape index (κ2) is 9.82. The first-order valence-electron chi connectivity index (χ1n) is 8.17. The van der Waals surface area contributed by atoms with Crippen molar-refractivity contribution in [2.75, 3.05) is 11.1 Å². The Hall–Kier alpha value is -1.74. The van der Waals surface area contributed by atoms with Gasteiger partial charge in [0.2, 0.25) is 5.91 Å². The van der Waals surface area contributed by atoms with Crippen molar-refractivity contribution < 1.29 is 4.79 Å². The van der Waals surface area contributed by atoms with Gasteiger partial charge in [0.25, 0.3) is 0 Å². The molecule has 2 aromatic rings. The summed E-state index contributed by atoms with van der Waals surface area (Å²) in [5, 5.41) is 13.4. The molecule has 0 fully saturated rings. The number of halogens is 2. The molecule has 0 radical (unpaired) electrons. The van der Waals surface area contributed by atoms with Gasteiger partial charge in [-0.3, -0.25) is 4.79 Å². The molecule has 0 saturated heterocycles. The quantitative estimate of drug-likeness (QED) is 0.608. The van der Waals surface area contributed by atoms with Gasteiger partial charge < -0.3 is 5.32 Å². The normalized spacial score (nSPS) is 10.6. The Kier molecular flexibility index (Phi) is 7.77. The highest BCUT2D eigenvalue weighted by Gasteiger charge is 2.11. The second-order valence-corrected chi connectivity index (χ2v) is 7.98. The van der Waals surface area contributed by atoms with Gasteiger partial charge in [0.15, 0.2) is 0 Å². The summed E-state index contributed by atoms with van der Waals surface area (Å²) in [6.45, 7) is 4.25. The minimum atomic E-state index is -0.168. The highest BCUT2D eigenvalue weighted by Crippen LogP contribution is 2.30. The van der Waals surface area contributed by atoms with E-state index in [1.165, 1.54) is 11.8 Å². The van der Waals surface area contributed by atoms with E-state index in [4.69, 9.17) is 23.2 Å². The zero-order valence-electron chi connectivity index (χ0n) is 14.6. The molecule has 7 heteroatoms. The lowest BCUT2D eigenvalue weighted by Crippen LogP contribution is -2.12. The summed E-state index contributed by atoms with van der Waals surface area (Å²) in [5.41, 5.74) is 1.97. The molecule has 0 aliphatic rings. The van der Waals surface area contributed by atoms with Crippen LogP contribution in [0.3, 0.4) is 0 Å². The van der Waals surface area contributed by atoms with Crippen molar-refractivity contribution in [3.05, 3.63) is 51.6 Å². The molecule has 0 spiro atoms. The SMILES string of the molecule is CC(C)Cc1ccc(C#N)c(SCCC(=O)Nc2cccc(Cl)c2Cl)n1. The van der Waals surface area contributed by atoms with Crippen LogP contribution >= 0.6 is 35.0 Å². The number of hydrogen-bond acceptors (Lipinski definition) is 4. The third kappa shape index (κ3) is 5.91. The first-order valence-corrected chi connectivity index (χ1v) is 9.91. The molecule has 136 valence electrons. The number of nitrogens with one attached hydrogen (secondary N) is 1. The van der Waals surface area contributed by atoms with Crippen LogP contribution in [0.2, 0.25) is 10.0 Å². The van der Waals surface area contributed by atoms with Crippen LogP contribution in [0.5, 0.6) is 0 Å². The van der Waals surface area contributed by atoms with Gasteiger partial charge in [0.05, 0.1) is 21.3 Å². The molecule has 26 heavy (non-hydrogen) atoms. The summed E-state index contributed by atoms with van der Waals surface area (Å²) < 4.78 is 0. The fourth-order valence-corrected chi connectivity index (χ4v) is 3.54. The lowest BCUT2D eigenvalue weighted by atomic mass is 10.1. The Morgan fingerprint density at radius 1 is 1.31 bits per heavy atom. The molecule has 0 aliphatic heterocycles. The largest absolute Gasteiger partial charge is 0.325 e. The molecular weight excluding hydrogens is 389 g/mol. The molecule has 0 saturated carbocycles. The molecule has 0 bridgehead atoms. The minimum absolute atomic E-state index is 0.168. The third-order valence-corrected chi connectivity index (χ3v) is 5.26. The average molecular weight is 408 g/mol. The Bertz CT molecular complexity index is 834. The van der Waals surface area contributed by atoms with Crippen molar-refractivity contribution in [3.8, 4) is 6.07 Å². The number of aromatic nitrogens is 1. The summed E-state index contributed by atoms with van der Waals surface area (Å²) in [6, 6.07) is 10.9. The lowest BCUT2D eigenvalue weighted by molar-refractivity contribution is -0.115. The number of carbonyl (C=O) groups excluding carboxylic acids is 1. The number of amides is 1. The van der Waals surface area contributed by atoms with Crippen LogP contribution in [0.15, 0.2) is 35.4 Å². The number of nitrogens with zero attached hydrogens (tertiary/aromatic N) is 2. The predicted molar refractivity (Wildman–Crippen MR) is 108 cm³/mol. The van der Waals surface area contributed by atoms with Crippen molar-refractivity contribution in [2.45, 2.75) is 31.7 Å². The maximum Gasteiger partial charge on any atom is 0.225 e. The molecule has 1 N–H and O–H groups in total. The number of benzene rings is 1. The maximum absolute atomic E-state index is 12.1. The molecule has 1 heterocycles. The van der Waals surface area contributed by atoms with Crippen LogP contribution in [0, 0.1) is 17.2 Å². The van der Waals surface area contributed by atoms with Gasteiger partial charge in [0.1, 0.15) is 11.1 Å². The standard InChI is InChI=1S/C19H19Cl2N3OS/c1-12(2)10-14-7-6-13(11-22)19(23-14)26-9-8-17(25)24-16-5-3-4-15(20)18(16)21/h3-7,12H,8-10H2,1-2H3,(H,24,25). The van der Waals surface area contributed by atoms with Crippen molar-refractivity contribution in [2.24, 2.45) is 5.92 Å². The number of anilines is 1. The van der Waals surface area contributed by atoms with Crippen LogP contribution in [-0.4, -0.2) is 16.6 Å². The maximum atomic E-state index is 12.1. The third-order valence-electron chi connectivity index (χ3n) is 3.45. The Morgan fingerprint density at radius 2 is 2.08 bits per heavy atom. The van der Waals surface area contributed by atoms with Gasteiger partial charge in [-0.25, -0.2) is 4.98 Å². The highest BCUT2D eigenvalue weighted by molar-refractivity contribution is 7.99. The summed E-state index contributed by atoms with van der Waals surface area (Å²) in [4.78, 5) is 16.7. The van der Waals surface area contributed by atoms with Crippen LogP contribution in [0.4, 0.5) is 5.69 Å². The molecule has 1 aromatic carbocycles. The number of nitriles is 1. The summed E-state index contributed by atoms with van der Waals surface area (Å²) >= 11 is 13.4. The van der Waals surface area contributed by atoms with Gasteiger partial charge >= 0.3 is 0 Å². The van der Waals surface area contributed by atoms with E-state index in [-0.39, 0.29) is 12.3 Å². The van der Waals surface area contributed by atoms with E-state index < -0.39 is 0 Å². The van der Waals surface area contributed by atoms with Crippen molar-refractivity contribution >= 4 is 46.6 Å². The lowest BCUT2D eigenvalue weighted by Gasteiger charge is -2.09. The van der Waals surface area contributed by atoms with Gasteiger partial charge in [0, 0.05) is 17.9 Å². The van der Waals surface area contributed by atoms with Gasteiger partial charge in [-0.05, 0) is 36.6 Å². The van der Waals surface area contributed by atoms with E-state index in [1.54, 1.807) is 24.3 Å². The second-order valence-electron chi connectivity index (χ2n) is 6.11. The Balaban J connectivity index is 1.95. The fourth-order valence-electron chi connectivity index (χ4n) is 2.26. The number of hydrogen-bond donors (Lipinski definition) is 1. The number of thioether (sulfide) groups is 1. The average Bonchev–Trinajstić information content (AvgIpc) is 2.59. The molecule has 0 aliphatic carbocycles. The van der Waals surface area contributed by atoms with Gasteiger partial charge in [-0.2, -0.15) is 5.26 Å². The molecule has 0 unspecified atom stereocenters. The smallest absolute Gasteiger partial charge is 0.225 e. The van der Waals surface area contributed by atoms with Gasteiger partial charge in [-0.1, -0.05) is 43.1 Å². The molecule has 1 amide bonds. The Labute approximate surface area is 167 Å².